The van der Waals surface area contributed by atoms with E-state index >= 15 is 0 Å². The van der Waals surface area contributed by atoms with Crippen LogP contribution in [0.25, 0.3) is 32.2 Å². The number of nitriles is 1. The summed E-state index contributed by atoms with van der Waals surface area (Å²) in [6, 6.07) is 5.36. The van der Waals surface area contributed by atoms with Crippen LogP contribution in [0.3, 0.4) is 0 Å². The zero-order chi connectivity index (χ0) is 32.0. The third-order valence-electron chi connectivity index (χ3n) is 9.90. The fraction of sp³-hybridized carbons (Fsp3) is 0.484. The second-order valence-electron chi connectivity index (χ2n) is 12.7. The number of halogens is 5. The van der Waals surface area contributed by atoms with Crippen molar-refractivity contribution in [2.45, 2.75) is 62.1 Å². The predicted octanol–water partition coefficient (Wildman–Crippen LogP) is 5.41. The number of hydrogen-bond acceptors (Lipinski definition) is 10. The number of ether oxygens (including phenoxy) is 1. The molecule has 4 atom stereocenters. The normalized spacial score (nSPS) is 26.3. The van der Waals surface area contributed by atoms with Crippen LogP contribution in [0.15, 0.2) is 18.2 Å². The van der Waals surface area contributed by atoms with Crippen molar-refractivity contribution in [3.63, 3.8) is 0 Å². The van der Waals surface area contributed by atoms with Crippen LogP contribution < -0.4 is 20.7 Å². The highest BCUT2D eigenvalue weighted by atomic mass is 32.1. The largest absolute Gasteiger partial charge is 0.461 e. The predicted molar refractivity (Wildman–Crippen MR) is 163 cm³/mol. The Labute approximate surface area is 264 Å². The van der Waals surface area contributed by atoms with Crippen LogP contribution in [0.5, 0.6) is 6.01 Å². The van der Waals surface area contributed by atoms with Crippen molar-refractivity contribution in [2.24, 2.45) is 0 Å². The molecule has 3 N–H and O–H groups in total. The fourth-order valence-electron chi connectivity index (χ4n) is 7.96. The molecule has 4 fully saturated rings. The number of anilines is 2. The Kier molecular flexibility index (Phi) is 6.79. The van der Waals surface area contributed by atoms with Crippen LogP contribution in [-0.4, -0.2) is 76.4 Å². The quantitative estimate of drug-likeness (QED) is 0.272. The summed E-state index contributed by atoms with van der Waals surface area (Å²) >= 11 is 0.812. The molecule has 0 radical (unpaired) electrons. The van der Waals surface area contributed by atoms with E-state index in [9.17, 15) is 27.2 Å². The van der Waals surface area contributed by atoms with Crippen LogP contribution in [0, 0.1) is 17.1 Å². The van der Waals surface area contributed by atoms with Crippen LogP contribution in [0.4, 0.5) is 32.9 Å². The van der Waals surface area contributed by atoms with E-state index in [0.717, 1.165) is 55.7 Å². The molecule has 0 aliphatic carbocycles. The van der Waals surface area contributed by atoms with E-state index in [4.69, 9.17) is 10.5 Å². The van der Waals surface area contributed by atoms with E-state index in [0.29, 0.717) is 26.1 Å². The lowest BCUT2D eigenvalue weighted by Crippen LogP contribution is -2.51. The summed E-state index contributed by atoms with van der Waals surface area (Å²) in [5.41, 5.74) is 3.24. The molecule has 8 rings (SSSR count). The molecule has 6 heterocycles. The second-order valence-corrected chi connectivity index (χ2v) is 13.8. The van der Waals surface area contributed by atoms with Crippen molar-refractivity contribution < 1.29 is 26.7 Å². The average Bonchev–Trinajstić information content (AvgIpc) is 3.76. The first kappa shape index (κ1) is 29.5. The van der Waals surface area contributed by atoms with Crippen LogP contribution in [0.2, 0.25) is 0 Å². The summed E-state index contributed by atoms with van der Waals surface area (Å²) in [4.78, 5) is 17.4. The Morgan fingerprint density at radius 2 is 1.91 bits per heavy atom. The molecule has 46 heavy (non-hydrogen) atoms. The highest BCUT2D eigenvalue weighted by Crippen LogP contribution is 2.47. The van der Waals surface area contributed by atoms with Gasteiger partial charge in [-0.3, -0.25) is 4.90 Å². The van der Waals surface area contributed by atoms with Gasteiger partial charge in [0.05, 0.1) is 32.4 Å². The maximum Gasteiger partial charge on any atom is 0.417 e. The number of hydrogen-bond donors (Lipinski definition) is 2. The number of nitrogens with one attached hydrogen (secondary N) is 1. The number of benzene rings is 2. The van der Waals surface area contributed by atoms with E-state index in [1.54, 1.807) is 0 Å². The molecule has 0 saturated carbocycles. The zero-order valence-electron chi connectivity index (χ0n) is 24.5. The zero-order valence-corrected chi connectivity index (χ0v) is 25.3. The van der Waals surface area contributed by atoms with Crippen LogP contribution in [-0.2, 0) is 6.18 Å². The number of fused-ring (bicyclic) bond motifs is 5. The Balaban J connectivity index is 1.35. The molecule has 4 aliphatic rings. The third kappa shape index (κ3) is 4.72. The number of alkyl halides is 4. The van der Waals surface area contributed by atoms with Crippen molar-refractivity contribution in [1.29, 1.82) is 5.26 Å². The molecule has 0 amide bonds. The lowest BCUT2D eigenvalue weighted by atomic mass is 9.91. The highest BCUT2D eigenvalue weighted by Gasteiger charge is 2.49. The fourth-order valence-corrected chi connectivity index (χ4v) is 8.72. The monoisotopic (exact) mass is 656 g/mol. The number of nitrogen functional groups attached to an aromatic ring is 1. The molecule has 240 valence electrons. The first-order valence-electron chi connectivity index (χ1n) is 15.3. The van der Waals surface area contributed by atoms with Gasteiger partial charge in [-0.15, -0.1) is 0 Å². The lowest BCUT2D eigenvalue weighted by molar-refractivity contribution is -0.137. The van der Waals surface area contributed by atoms with Crippen molar-refractivity contribution in [1.82, 2.24) is 25.2 Å². The smallest absolute Gasteiger partial charge is 0.417 e. The van der Waals surface area contributed by atoms with Gasteiger partial charge in [0.25, 0.3) is 0 Å². The van der Waals surface area contributed by atoms with Gasteiger partial charge in [-0.2, -0.15) is 28.4 Å². The summed E-state index contributed by atoms with van der Waals surface area (Å²) in [5, 5.41) is 14.1. The van der Waals surface area contributed by atoms with E-state index in [1.807, 2.05) is 11.0 Å². The molecule has 4 saturated heterocycles. The van der Waals surface area contributed by atoms with Crippen LogP contribution >= 0.6 is 11.3 Å². The third-order valence-corrected chi connectivity index (χ3v) is 10.8. The Morgan fingerprint density at radius 3 is 2.65 bits per heavy atom. The number of nitrogens with zero attached hydrogens (tertiary/aromatic N) is 6. The van der Waals surface area contributed by atoms with Crippen LogP contribution in [0.1, 0.15) is 43.2 Å². The minimum atomic E-state index is -4.90. The summed E-state index contributed by atoms with van der Waals surface area (Å²) in [5.74, 6) is -0.443. The average molecular weight is 657 g/mol. The second kappa shape index (κ2) is 10.6. The lowest BCUT2D eigenvalue weighted by Gasteiger charge is -2.35. The van der Waals surface area contributed by atoms with E-state index in [1.165, 1.54) is 6.07 Å². The molecule has 2 aromatic carbocycles. The molecule has 4 aliphatic heterocycles. The van der Waals surface area contributed by atoms with Gasteiger partial charge in [0.1, 0.15) is 30.5 Å². The summed E-state index contributed by atoms with van der Waals surface area (Å²) in [6.07, 6.45) is -2.07. The van der Waals surface area contributed by atoms with Gasteiger partial charge < -0.3 is 20.7 Å². The SMILES string of the molecule is N#Cc1c(-c2ccc(F)c3sc(N)nc23)c(C(F)(F)F)cc2c(N3CC4CCC(C3)N4)nc(OC[C@@]34CCCN3C[C@H](F)C4)nc12. The van der Waals surface area contributed by atoms with Crippen molar-refractivity contribution in [3.05, 3.63) is 35.1 Å². The van der Waals surface area contributed by atoms with Gasteiger partial charge in [0, 0.05) is 54.7 Å². The minimum absolute atomic E-state index is 0.0149. The number of rotatable bonds is 5. The highest BCUT2D eigenvalue weighted by molar-refractivity contribution is 7.22. The number of nitrogens with two attached hydrogens (primary N) is 1. The van der Waals surface area contributed by atoms with Gasteiger partial charge in [-0.1, -0.05) is 11.3 Å². The van der Waals surface area contributed by atoms with Gasteiger partial charge >= 0.3 is 12.2 Å². The molecule has 9 nitrogen and oxygen atoms in total. The van der Waals surface area contributed by atoms with Gasteiger partial charge in [-0.05, 0) is 50.4 Å². The summed E-state index contributed by atoms with van der Waals surface area (Å²) < 4.78 is 80.2. The first-order chi connectivity index (χ1) is 22.0. The molecule has 15 heteroatoms. The van der Waals surface area contributed by atoms with Crippen molar-refractivity contribution >= 4 is 43.4 Å². The Hall–Kier alpha value is -3.87. The Morgan fingerprint density at radius 1 is 1.13 bits per heavy atom. The molecule has 4 aromatic rings. The van der Waals surface area contributed by atoms with E-state index in [-0.39, 0.29) is 67.9 Å². The van der Waals surface area contributed by atoms with Crippen molar-refractivity contribution in [3.8, 4) is 23.2 Å². The van der Waals surface area contributed by atoms with Crippen molar-refractivity contribution in [2.75, 3.05) is 43.4 Å². The summed E-state index contributed by atoms with van der Waals surface area (Å²) in [6.45, 7) is 2.20. The molecule has 2 bridgehead atoms. The first-order valence-corrected chi connectivity index (χ1v) is 16.1. The number of aromatic nitrogens is 3. The standard InChI is InChI=1S/C31H29F5N8OS/c32-15-9-30(6-1-7-44(30)11-15)14-45-29-41-24-19(27(42-29)43-12-16-2-3-17(13-43)39-16)8-21(31(34,35)36)23(20(24)10-37)18-4-5-22(33)26-25(18)40-28(38)46-26/h4-5,8,15-17,39H,1-3,6-7,9,11-14H2,(H2,38,40)/t15-,16?,17?,30+/m1/s1. The molecule has 2 aromatic heterocycles. The topological polar surface area (TPSA) is 116 Å². The molecular weight excluding hydrogens is 627 g/mol. The van der Waals surface area contributed by atoms with Gasteiger partial charge in [-0.25, -0.2) is 13.8 Å². The number of thiazole rings is 1. The molecule has 2 unspecified atom stereocenters. The van der Waals surface area contributed by atoms with Gasteiger partial charge in [0.15, 0.2) is 5.13 Å². The number of piperazine rings is 1. The maximum atomic E-state index is 14.9. The Bertz CT molecular complexity index is 1920. The van der Waals surface area contributed by atoms with E-state index < -0.39 is 34.8 Å². The summed E-state index contributed by atoms with van der Waals surface area (Å²) in [7, 11) is 0. The van der Waals surface area contributed by atoms with Gasteiger partial charge in [0.2, 0.25) is 0 Å². The van der Waals surface area contributed by atoms with E-state index in [2.05, 4.69) is 25.2 Å². The molecular formula is C31H29F5N8OS. The molecule has 0 spiro atoms. The maximum absolute atomic E-state index is 14.9. The minimum Gasteiger partial charge on any atom is -0.461 e.